The van der Waals surface area contributed by atoms with Gasteiger partial charge in [-0.25, -0.2) is 0 Å². The van der Waals surface area contributed by atoms with Crippen LogP contribution in [0.5, 0.6) is 0 Å². The molecule has 0 aromatic heterocycles. The second-order valence-corrected chi connectivity index (χ2v) is 5.40. The molecule has 1 fully saturated rings. The molecule has 0 saturated carbocycles. The predicted molar refractivity (Wildman–Crippen MR) is 90.1 cm³/mol. The van der Waals surface area contributed by atoms with Gasteiger partial charge in [-0.1, -0.05) is 0 Å². The van der Waals surface area contributed by atoms with Gasteiger partial charge in [0.15, 0.2) is 5.96 Å². The molecule has 1 saturated heterocycles. The number of carbonyl (C=O) groups excluding carboxylic acids is 1. The molecule has 0 aromatic carbocycles. The fourth-order valence-corrected chi connectivity index (χ4v) is 2.39. The summed E-state index contributed by atoms with van der Waals surface area (Å²) < 4.78 is 0. The summed E-state index contributed by atoms with van der Waals surface area (Å²) in [6.07, 6.45) is 2.26. The van der Waals surface area contributed by atoms with Crippen LogP contribution >= 0.6 is 24.0 Å². The third kappa shape index (κ3) is 5.97. The van der Waals surface area contributed by atoms with E-state index in [-0.39, 0.29) is 29.9 Å². The number of likely N-dealkylation sites (tertiary alicyclic amines) is 1. The molecule has 0 spiro atoms. The summed E-state index contributed by atoms with van der Waals surface area (Å²) in [5, 5.41) is 0. The number of halogens is 1. The van der Waals surface area contributed by atoms with E-state index in [1.54, 1.807) is 6.92 Å². The number of piperidine rings is 1. The zero-order valence-electron chi connectivity index (χ0n) is 12.7. The van der Waals surface area contributed by atoms with Crippen LogP contribution in [0.25, 0.3) is 0 Å². The molecule has 1 rings (SSSR count). The van der Waals surface area contributed by atoms with E-state index in [4.69, 9.17) is 0 Å². The fourth-order valence-electron chi connectivity index (χ4n) is 2.39. The first kappa shape index (κ1) is 18.5. The Morgan fingerprint density at radius 3 is 2.32 bits per heavy atom. The van der Waals surface area contributed by atoms with Gasteiger partial charge < -0.3 is 14.7 Å². The lowest BCUT2D eigenvalue weighted by Crippen LogP contribution is -2.40. The van der Waals surface area contributed by atoms with Crippen molar-refractivity contribution in [3.8, 4) is 0 Å². The molecule has 1 amide bonds. The minimum absolute atomic E-state index is 0. The van der Waals surface area contributed by atoms with Crippen molar-refractivity contribution in [1.82, 2.24) is 14.7 Å². The van der Waals surface area contributed by atoms with Crippen molar-refractivity contribution in [1.29, 1.82) is 0 Å². The molecule has 1 atom stereocenters. The average molecular weight is 382 g/mol. The molecular formula is C13H27IN4O. The summed E-state index contributed by atoms with van der Waals surface area (Å²) in [4.78, 5) is 22.0. The molecule has 0 bridgehead atoms. The number of carbonyl (C=O) groups is 1. The summed E-state index contributed by atoms with van der Waals surface area (Å²) in [5.74, 6) is 1.66. The zero-order valence-corrected chi connectivity index (χ0v) is 15.0. The minimum Gasteiger partial charge on any atom is -0.349 e. The maximum absolute atomic E-state index is 11.4. The smallest absolute Gasteiger partial charge is 0.219 e. The van der Waals surface area contributed by atoms with Crippen LogP contribution < -0.4 is 0 Å². The van der Waals surface area contributed by atoms with Crippen molar-refractivity contribution in [3.63, 3.8) is 0 Å². The average Bonchev–Trinajstić information content (AvgIpc) is 2.28. The molecule has 1 aliphatic rings. The third-order valence-electron chi connectivity index (χ3n) is 3.26. The zero-order chi connectivity index (χ0) is 13.7. The van der Waals surface area contributed by atoms with Gasteiger partial charge in [0.05, 0.1) is 0 Å². The highest BCUT2D eigenvalue weighted by molar-refractivity contribution is 14.0. The second-order valence-electron chi connectivity index (χ2n) is 5.40. The molecule has 1 heterocycles. The van der Waals surface area contributed by atoms with Gasteiger partial charge in [-0.3, -0.25) is 9.79 Å². The summed E-state index contributed by atoms with van der Waals surface area (Å²) in [7, 11) is 8.01. The molecule has 1 aliphatic heterocycles. The van der Waals surface area contributed by atoms with Crippen LogP contribution in [0, 0.1) is 5.92 Å². The number of hydrogen-bond donors (Lipinski definition) is 0. The Bertz CT molecular complexity index is 308. The highest BCUT2D eigenvalue weighted by atomic mass is 127. The Balaban J connectivity index is 0.00000324. The summed E-state index contributed by atoms with van der Waals surface area (Å²) in [5.41, 5.74) is 0. The van der Waals surface area contributed by atoms with E-state index in [1.807, 2.05) is 42.9 Å². The van der Waals surface area contributed by atoms with E-state index in [0.717, 1.165) is 32.0 Å². The highest BCUT2D eigenvalue weighted by Crippen LogP contribution is 2.17. The van der Waals surface area contributed by atoms with Crippen LogP contribution in [0.3, 0.4) is 0 Å². The maximum Gasteiger partial charge on any atom is 0.219 e. The summed E-state index contributed by atoms with van der Waals surface area (Å²) in [6, 6.07) is 0. The lowest BCUT2D eigenvalue weighted by atomic mass is 9.98. The van der Waals surface area contributed by atoms with Crippen molar-refractivity contribution < 1.29 is 4.79 Å². The Kier molecular flexibility index (Phi) is 8.36. The number of guanidine groups is 1. The largest absolute Gasteiger partial charge is 0.349 e. The van der Waals surface area contributed by atoms with E-state index in [2.05, 4.69) is 4.99 Å². The lowest BCUT2D eigenvalue weighted by molar-refractivity contribution is -0.130. The Morgan fingerprint density at radius 1 is 1.26 bits per heavy atom. The van der Waals surface area contributed by atoms with Crippen molar-refractivity contribution in [2.45, 2.75) is 19.8 Å². The minimum atomic E-state index is 0. The molecule has 6 heteroatoms. The van der Waals surface area contributed by atoms with Gasteiger partial charge in [0, 0.05) is 54.7 Å². The quantitative estimate of drug-likeness (QED) is 0.411. The fraction of sp³-hybridized carbons (Fsp3) is 0.846. The van der Waals surface area contributed by atoms with Crippen LogP contribution in [0.2, 0.25) is 0 Å². The van der Waals surface area contributed by atoms with Gasteiger partial charge >= 0.3 is 0 Å². The van der Waals surface area contributed by atoms with Crippen LogP contribution in [0.15, 0.2) is 4.99 Å². The van der Waals surface area contributed by atoms with Crippen LogP contribution in [0.1, 0.15) is 19.8 Å². The molecule has 5 nitrogen and oxygen atoms in total. The topological polar surface area (TPSA) is 39.2 Å². The predicted octanol–water partition coefficient (Wildman–Crippen LogP) is 1.34. The van der Waals surface area contributed by atoms with Crippen molar-refractivity contribution >= 4 is 35.8 Å². The SMILES string of the molecule is CC(=O)N1CCCC(CN=C(N(C)C)N(C)C)C1.I. The van der Waals surface area contributed by atoms with Crippen LogP contribution in [0.4, 0.5) is 0 Å². The van der Waals surface area contributed by atoms with Crippen LogP contribution in [-0.2, 0) is 4.79 Å². The maximum atomic E-state index is 11.4. The van der Waals surface area contributed by atoms with Crippen molar-refractivity contribution in [2.75, 3.05) is 47.8 Å². The molecule has 0 aromatic rings. The highest BCUT2D eigenvalue weighted by Gasteiger charge is 2.21. The van der Waals surface area contributed by atoms with Crippen molar-refractivity contribution in [3.05, 3.63) is 0 Å². The number of nitrogens with zero attached hydrogens (tertiary/aromatic N) is 4. The van der Waals surface area contributed by atoms with Crippen molar-refractivity contribution in [2.24, 2.45) is 10.9 Å². The van der Waals surface area contributed by atoms with E-state index < -0.39 is 0 Å². The molecule has 0 radical (unpaired) electrons. The Morgan fingerprint density at radius 2 is 1.84 bits per heavy atom. The van der Waals surface area contributed by atoms with Gasteiger partial charge in [-0.2, -0.15) is 0 Å². The monoisotopic (exact) mass is 382 g/mol. The molecule has 1 unspecified atom stereocenters. The summed E-state index contributed by atoms with van der Waals surface area (Å²) >= 11 is 0. The molecule has 112 valence electrons. The van der Waals surface area contributed by atoms with E-state index >= 15 is 0 Å². The normalized spacial score (nSPS) is 18.4. The first-order valence-electron chi connectivity index (χ1n) is 6.56. The Labute approximate surface area is 134 Å². The Hall–Kier alpha value is -0.530. The molecular weight excluding hydrogens is 355 g/mol. The number of hydrogen-bond acceptors (Lipinski definition) is 2. The van der Waals surface area contributed by atoms with E-state index in [1.165, 1.54) is 6.42 Å². The van der Waals surface area contributed by atoms with Gasteiger partial charge in [0.25, 0.3) is 0 Å². The molecule has 19 heavy (non-hydrogen) atoms. The first-order chi connectivity index (χ1) is 8.41. The third-order valence-corrected chi connectivity index (χ3v) is 3.26. The van der Waals surface area contributed by atoms with Gasteiger partial charge in [0.2, 0.25) is 5.91 Å². The summed E-state index contributed by atoms with van der Waals surface area (Å²) in [6.45, 7) is 4.21. The number of amides is 1. The lowest BCUT2D eigenvalue weighted by Gasteiger charge is -2.32. The van der Waals surface area contributed by atoms with E-state index in [9.17, 15) is 4.79 Å². The molecule has 0 N–H and O–H groups in total. The van der Waals surface area contributed by atoms with Gasteiger partial charge in [-0.05, 0) is 18.8 Å². The van der Waals surface area contributed by atoms with Gasteiger partial charge in [-0.15, -0.1) is 24.0 Å². The first-order valence-corrected chi connectivity index (χ1v) is 6.56. The standard InChI is InChI=1S/C13H26N4O.HI/c1-11(18)17-8-6-7-12(10-17)9-14-13(15(2)3)16(4)5;/h12H,6-10H2,1-5H3;1H. The van der Waals surface area contributed by atoms with Gasteiger partial charge in [0.1, 0.15) is 0 Å². The van der Waals surface area contributed by atoms with Crippen LogP contribution in [-0.4, -0.2) is 74.4 Å². The second kappa shape index (κ2) is 8.60. The molecule has 0 aliphatic carbocycles. The number of aliphatic imine (C=N–C) groups is 1. The number of rotatable bonds is 2. The van der Waals surface area contributed by atoms with E-state index in [0.29, 0.717) is 5.92 Å².